The first-order valence-corrected chi connectivity index (χ1v) is 13.3. The minimum atomic E-state index is -4.44. The van der Waals surface area contributed by atoms with Gasteiger partial charge in [0, 0.05) is 17.8 Å². The van der Waals surface area contributed by atoms with Gasteiger partial charge in [0.05, 0.1) is 19.0 Å². The van der Waals surface area contributed by atoms with Gasteiger partial charge in [0.1, 0.15) is 33.5 Å². The first kappa shape index (κ1) is 25.6. The Labute approximate surface area is 217 Å². The lowest BCUT2D eigenvalue weighted by Gasteiger charge is -2.26. The average molecular weight is 540 g/mol. The van der Waals surface area contributed by atoms with Crippen molar-refractivity contribution in [2.24, 2.45) is 0 Å². The summed E-state index contributed by atoms with van der Waals surface area (Å²) in [6, 6.07) is 6.99. The monoisotopic (exact) mass is 539 g/mol. The fourth-order valence-corrected chi connectivity index (χ4v) is 5.38. The number of benzene rings is 1. The molecule has 1 aliphatic carbocycles. The molecular weight excluding hydrogens is 516 g/mol. The van der Waals surface area contributed by atoms with Crippen molar-refractivity contribution >= 4 is 21.4 Å². The molecule has 196 valence electrons. The number of aliphatic hydroxyl groups is 1. The van der Waals surface area contributed by atoms with Gasteiger partial charge in [0.2, 0.25) is 5.88 Å². The van der Waals surface area contributed by atoms with E-state index in [1.807, 2.05) is 0 Å². The summed E-state index contributed by atoms with van der Waals surface area (Å²) in [5.74, 6) is 3.77. The van der Waals surface area contributed by atoms with E-state index in [-0.39, 0.29) is 11.6 Å². The fraction of sp³-hybridized carbons (Fsp3) is 0.269. The Morgan fingerprint density at radius 1 is 1.08 bits per heavy atom. The van der Waals surface area contributed by atoms with E-state index < -0.39 is 32.2 Å². The van der Waals surface area contributed by atoms with Crippen LogP contribution in [0, 0.1) is 23.5 Å². The van der Waals surface area contributed by atoms with E-state index >= 15 is 0 Å². The lowest BCUT2D eigenvalue weighted by molar-refractivity contribution is 0.0610. The van der Waals surface area contributed by atoms with Crippen molar-refractivity contribution in [1.29, 1.82) is 0 Å². The minimum absolute atomic E-state index is 0.0594. The Morgan fingerprint density at radius 2 is 1.87 bits per heavy atom. The number of halogens is 2. The van der Waals surface area contributed by atoms with Crippen LogP contribution in [0.1, 0.15) is 37.8 Å². The molecule has 4 aromatic rings. The zero-order valence-corrected chi connectivity index (χ0v) is 21.1. The predicted octanol–water partition coefficient (Wildman–Crippen LogP) is 3.93. The first-order valence-electron chi connectivity index (χ1n) is 11.8. The highest BCUT2D eigenvalue weighted by molar-refractivity contribution is 7.92. The largest absolute Gasteiger partial charge is 0.480 e. The van der Waals surface area contributed by atoms with Crippen molar-refractivity contribution < 1.29 is 27.0 Å². The number of anilines is 1. The van der Waals surface area contributed by atoms with Gasteiger partial charge in [-0.05, 0) is 61.9 Å². The van der Waals surface area contributed by atoms with E-state index in [2.05, 4.69) is 31.6 Å². The average Bonchev–Trinajstić information content (AvgIpc) is 3.30. The van der Waals surface area contributed by atoms with Crippen LogP contribution in [0.5, 0.6) is 5.88 Å². The quantitative estimate of drug-likeness (QED) is 0.369. The van der Waals surface area contributed by atoms with Crippen LogP contribution in [0.15, 0.2) is 53.7 Å². The maximum atomic E-state index is 14.2. The normalized spacial score (nSPS) is 15.1. The topological polar surface area (TPSA) is 119 Å². The number of pyridine rings is 1. The van der Waals surface area contributed by atoms with Gasteiger partial charge in [-0.3, -0.25) is 4.72 Å². The Balaban J connectivity index is 1.50. The van der Waals surface area contributed by atoms with Crippen molar-refractivity contribution in [2.45, 2.75) is 42.6 Å². The zero-order valence-electron chi connectivity index (χ0n) is 20.3. The molecule has 0 unspecified atom stereocenters. The van der Waals surface area contributed by atoms with Crippen molar-refractivity contribution in [1.82, 2.24) is 19.6 Å². The molecular formula is C26H23F2N5O4S. The summed E-state index contributed by atoms with van der Waals surface area (Å²) in [7, 11) is -3.13. The second kappa shape index (κ2) is 10.00. The van der Waals surface area contributed by atoms with Crippen LogP contribution in [0.3, 0.4) is 0 Å². The lowest BCUT2D eigenvalue weighted by atomic mass is 9.85. The molecule has 1 fully saturated rings. The van der Waals surface area contributed by atoms with E-state index in [1.54, 1.807) is 18.3 Å². The van der Waals surface area contributed by atoms with Gasteiger partial charge >= 0.3 is 0 Å². The molecule has 0 saturated heterocycles. The maximum absolute atomic E-state index is 14.2. The summed E-state index contributed by atoms with van der Waals surface area (Å²) in [5.41, 5.74) is 0.747. The van der Waals surface area contributed by atoms with E-state index in [9.17, 15) is 22.3 Å². The van der Waals surface area contributed by atoms with Crippen LogP contribution in [0.2, 0.25) is 0 Å². The third-order valence-corrected chi connectivity index (χ3v) is 7.63. The summed E-state index contributed by atoms with van der Waals surface area (Å²) in [6.07, 6.45) is 7.17. The summed E-state index contributed by atoms with van der Waals surface area (Å²) >= 11 is 0. The lowest BCUT2D eigenvalue weighted by Crippen LogP contribution is -2.29. The molecule has 0 spiro atoms. The van der Waals surface area contributed by atoms with Crippen LogP contribution >= 0.6 is 0 Å². The number of aromatic nitrogens is 4. The molecule has 12 heteroatoms. The molecule has 0 atom stereocenters. The Kier molecular flexibility index (Phi) is 6.73. The third kappa shape index (κ3) is 5.16. The van der Waals surface area contributed by atoms with Crippen molar-refractivity contribution in [2.75, 3.05) is 11.8 Å². The molecule has 9 nitrogen and oxygen atoms in total. The summed E-state index contributed by atoms with van der Waals surface area (Å²) in [4.78, 5) is 7.73. The number of hydrogen-bond donors (Lipinski definition) is 2. The number of nitrogens with one attached hydrogen (secondary N) is 1. The van der Waals surface area contributed by atoms with Crippen LogP contribution in [-0.2, 0) is 10.0 Å². The minimum Gasteiger partial charge on any atom is -0.480 e. The van der Waals surface area contributed by atoms with Crippen LogP contribution < -0.4 is 9.46 Å². The van der Waals surface area contributed by atoms with E-state index in [0.717, 1.165) is 31.4 Å². The Bertz CT molecular complexity index is 1690. The fourth-order valence-electron chi connectivity index (χ4n) is 4.28. The molecule has 3 aromatic heterocycles. The molecule has 1 aliphatic rings. The summed E-state index contributed by atoms with van der Waals surface area (Å²) < 4.78 is 62.1. The van der Waals surface area contributed by atoms with Gasteiger partial charge in [-0.15, -0.1) is 0 Å². The smallest absolute Gasteiger partial charge is 0.264 e. The molecule has 1 saturated carbocycles. The molecule has 0 aliphatic heterocycles. The van der Waals surface area contributed by atoms with Crippen molar-refractivity contribution in [3.63, 3.8) is 0 Å². The Hall–Kier alpha value is -4.08. The number of sulfonamides is 1. The van der Waals surface area contributed by atoms with Gasteiger partial charge in [-0.25, -0.2) is 31.7 Å². The standard InChI is InChI=1S/C26H23F2N5O4S/c1-37-25-22(32-38(35,36)23-7-5-18(27)14-20(23)28)13-17(15-30-25)21-6-8-24-29-16-19(33(24)31-21)9-12-26(34)10-3-2-4-11-26/h5-8,13-16,32,34H,2-4,10-11H2,1H3. The summed E-state index contributed by atoms with van der Waals surface area (Å²) in [6.45, 7) is 0. The highest BCUT2D eigenvalue weighted by Gasteiger charge is 2.27. The van der Waals surface area contributed by atoms with Crippen molar-refractivity contribution in [3.8, 4) is 29.0 Å². The number of methoxy groups -OCH3 is 1. The number of rotatable bonds is 5. The van der Waals surface area contributed by atoms with E-state index in [0.29, 0.717) is 41.5 Å². The molecule has 38 heavy (non-hydrogen) atoms. The van der Waals surface area contributed by atoms with Crippen LogP contribution in [0.4, 0.5) is 14.5 Å². The zero-order chi connectivity index (χ0) is 26.9. The first-order chi connectivity index (χ1) is 18.2. The number of imidazole rings is 1. The van der Waals surface area contributed by atoms with E-state index in [1.165, 1.54) is 23.9 Å². The molecule has 0 amide bonds. The van der Waals surface area contributed by atoms with Crippen LogP contribution in [0.25, 0.3) is 16.9 Å². The van der Waals surface area contributed by atoms with Gasteiger partial charge in [-0.1, -0.05) is 12.3 Å². The summed E-state index contributed by atoms with van der Waals surface area (Å²) in [5, 5.41) is 15.3. The SMILES string of the molecule is COc1ncc(-c2ccc3ncc(C#CC4(O)CCCCC4)n3n2)cc1NS(=O)(=O)c1ccc(F)cc1F. The number of hydrogen-bond acceptors (Lipinski definition) is 7. The second-order valence-electron chi connectivity index (χ2n) is 8.94. The highest BCUT2D eigenvalue weighted by Crippen LogP contribution is 2.30. The molecule has 5 rings (SSSR count). The van der Waals surface area contributed by atoms with Gasteiger partial charge in [0.25, 0.3) is 10.0 Å². The number of nitrogens with zero attached hydrogens (tertiary/aromatic N) is 4. The molecule has 1 aromatic carbocycles. The third-order valence-electron chi connectivity index (χ3n) is 6.23. The van der Waals surface area contributed by atoms with E-state index in [4.69, 9.17) is 4.74 Å². The van der Waals surface area contributed by atoms with Crippen LogP contribution in [-0.4, -0.2) is 45.8 Å². The molecule has 0 radical (unpaired) electrons. The van der Waals surface area contributed by atoms with Gasteiger partial charge < -0.3 is 9.84 Å². The number of ether oxygens (including phenoxy) is 1. The predicted molar refractivity (Wildman–Crippen MR) is 135 cm³/mol. The molecule has 2 N–H and O–H groups in total. The second-order valence-corrected chi connectivity index (χ2v) is 10.6. The maximum Gasteiger partial charge on any atom is 0.264 e. The van der Waals surface area contributed by atoms with Gasteiger partial charge in [0.15, 0.2) is 5.65 Å². The Morgan fingerprint density at radius 3 is 2.61 bits per heavy atom. The molecule has 3 heterocycles. The van der Waals surface area contributed by atoms with Crippen molar-refractivity contribution in [3.05, 3.63) is 66.1 Å². The highest BCUT2D eigenvalue weighted by atomic mass is 32.2. The van der Waals surface area contributed by atoms with Gasteiger partial charge in [-0.2, -0.15) is 5.10 Å². The number of fused-ring (bicyclic) bond motifs is 1. The molecule has 0 bridgehead atoms.